The lowest BCUT2D eigenvalue weighted by molar-refractivity contribution is 0.739. The highest BCUT2D eigenvalue weighted by Gasteiger charge is 2.14. The lowest BCUT2D eigenvalue weighted by atomic mass is 10.0. The zero-order valence-electron chi connectivity index (χ0n) is 10.9. The molecule has 0 aliphatic rings. The highest BCUT2D eigenvalue weighted by Crippen LogP contribution is 2.29. The van der Waals surface area contributed by atoms with Crippen LogP contribution in [0.5, 0.6) is 0 Å². The Morgan fingerprint density at radius 3 is 2.47 bits per heavy atom. The van der Waals surface area contributed by atoms with E-state index in [0.717, 1.165) is 29.4 Å². The SMILES string of the molecule is CCn1c(C)nc(-c2ccc(C)cc2C)c1N. The first-order valence-electron chi connectivity index (χ1n) is 5.94. The molecule has 0 unspecified atom stereocenters. The van der Waals surface area contributed by atoms with Crippen LogP contribution in [-0.2, 0) is 6.54 Å². The maximum Gasteiger partial charge on any atom is 0.131 e. The number of anilines is 1. The minimum absolute atomic E-state index is 0.761. The number of nitrogen functional groups attached to an aromatic ring is 1. The summed E-state index contributed by atoms with van der Waals surface area (Å²) >= 11 is 0. The van der Waals surface area contributed by atoms with Crippen LogP contribution in [0, 0.1) is 20.8 Å². The van der Waals surface area contributed by atoms with Crippen LogP contribution in [0.1, 0.15) is 23.9 Å². The van der Waals surface area contributed by atoms with E-state index in [1.807, 2.05) is 11.5 Å². The Hall–Kier alpha value is -1.77. The summed E-state index contributed by atoms with van der Waals surface area (Å²) in [5.41, 5.74) is 10.7. The van der Waals surface area contributed by atoms with Crippen molar-refractivity contribution in [2.45, 2.75) is 34.2 Å². The first-order chi connectivity index (χ1) is 8.04. The number of hydrogen-bond donors (Lipinski definition) is 1. The van der Waals surface area contributed by atoms with Crippen LogP contribution in [0.2, 0.25) is 0 Å². The van der Waals surface area contributed by atoms with Crippen LogP contribution >= 0.6 is 0 Å². The quantitative estimate of drug-likeness (QED) is 0.860. The van der Waals surface area contributed by atoms with Gasteiger partial charge in [-0.3, -0.25) is 0 Å². The van der Waals surface area contributed by atoms with Crippen LogP contribution in [-0.4, -0.2) is 9.55 Å². The summed E-state index contributed by atoms with van der Waals surface area (Å²) in [6.07, 6.45) is 0. The number of nitrogens with two attached hydrogens (primary N) is 1. The molecule has 0 radical (unpaired) electrons. The Balaban J connectivity index is 2.61. The average molecular weight is 229 g/mol. The summed E-state index contributed by atoms with van der Waals surface area (Å²) in [4.78, 5) is 4.58. The maximum absolute atomic E-state index is 6.15. The topological polar surface area (TPSA) is 43.8 Å². The summed E-state index contributed by atoms with van der Waals surface area (Å²) in [6, 6.07) is 6.36. The Kier molecular flexibility index (Phi) is 2.92. The van der Waals surface area contributed by atoms with Crippen molar-refractivity contribution in [3.63, 3.8) is 0 Å². The summed E-state index contributed by atoms with van der Waals surface area (Å²) in [6.45, 7) is 9.12. The van der Waals surface area contributed by atoms with Gasteiger partial charge in [0, 0.05) is 12.1 Å². The van der Waals surface area contributed by atoms with E-state index >= 15 is 0 Å². The molecule has 0 aliphatic carbocycles. The molecule has 1 aromatic heterocycles. The van der Waals surface area contributed by atoms with Gasteiger partial charge in [-0.15, -0.1) is 0 Å². The van der Waals surface area contributed by atoms with Crippen molar-refractivity contribution >= 4 is 5.82 Å². The van der Waals surface area contributed by atoms with Gasteiger partial charge in [0.1, 0.15) is 17.3 Å². The molecule has 1 heterocycles. The van der Waals surface area contributed by atoms with Crippen molar-refractivity contribution < 1.29 is 0 Å². The van der Waals surface area contributed by atoms with Gasteiger partial charge < -0.3 is 10.3 Å². The second kappa shape index (κ2) is 4.24. The highest BCUT2D eigenvalue weighted by molar-refractivity contribution is 5.73. The Morgan fingerprint density at radius 2 is 1.94 bits per heavy atom. The molecular formula is C14H19N3. The fraction of sp³-hybridized carbons (Fsp3) is 0.357. The van der Waals surface area contributed by atoms with E-state index in [2.05, 4.69) is 44.0 Å². The molecule has 2 rings (SSSR count). The molecule has 0 bridgehead atoms. The fourth-order valence-corrected chi connectivity index (χ4v) is 2.26. The van der Waals surface area contributed by atoms with E-state index in [-0.39, 0.29) is 0 Å². The fourth-order valence-electron chi connectivity index (χ4n) is 2.26. The standard InChI is InChI=1S/C14H19N3/c1-5-17-11(4)16-13(14(17)15)12-7-6-9(2)8-10(12)3/h6-8H,5,15H2,1-4H3. The summed E-state index contributed by atoms with van der Waals surface area (Å²) < 4.78 is 2.04. The van der Waals surface area contributed by atoms with E-state index in [1.165, 1.54) is 11.1 Å². The number of nitrogens with zero attached hydrogens (tertiary/aromatic N) is 2. The Bertz CT molecular complexity index is 553. The van der Waals surface area contributed by atoms with Crippen LogP contribution < -0.4 is 5.73 Å². The second-order valence-electron chi connectivity index (χ2n) is 4.46. The molecule has 0 aliphatic heterocycles. The average Bonchev–Trinajstić information content (AvgIpc) is 2.54. The van der Waals surface area contributed by atoms with Crippen molar-refractivity contribution in [1.82, 2.24) is 9.55 Å². The Morgan fingerprint density at radius 1 is 1.24 bits per heavy atom. The van der Waals surface area contributed by atoms with Gasteiger partial charge in [-0.05, 0) is 33.3 Å². The number of benzene rings is 1. The van der Waals surface area contributed by atoms with E-state index in [4.69, 9.17) is 5.73 Å². The van der Waals surface area contributed by atoms with Gasteiger partial charge in [-0.25, -0.2) is 4.98 Å². The monoisotopic (exact) mass is 229 g/mol. The van der Waals surface area contributed by atoms with Gasteiger partial charge in [0.2, 0.25) is 0 Å². The lowest BCUT2D eigenvalue weighted by Gasteiger charge is -2.06. The van der Waals surface area contributed by atoms with Crippen molar-refractivity contribution in [3.05, 3.63) is 35.2 Å². The van der Waals surface area contributed by atoms with Crippen LogP contribution in [0.15, 0.2) is 18.2 Å². The number of aromatic nitrogens is 2. The highest BCUT2D eigenvalue weighted by atomic mass is 15.1. The molecule has 0 saturated carbocycles. The third kappa shape index (κ3) is 1.93. The third-order valence-corrected chi connectivity index (χ3v) is 3.15. The molecule has 0 spiro atoms. The molecule has 3 heteroatoms. The molecule has 90 valence electrons. The third-order valence-electron chi connectivity index (χ3n) is 3.15. The van der Waals surface area contributed by atoms with Crippen molar-refractivity contribution in [3.8, 4) is 11.3 Å². The number of aryl methyl sites for hydroxylation is 3. The first kappa shape index (κ1) is 11.7. The second-order valence-corrected chi connectivity index (χ2v) is 4.46. The van der Waals surface area contributed by atoms with Crippen molar-refractivity contribution in [2.24, 2.45) is 0 Å². The molecular weight excluding hydrogens is 210 g/mol. The molecule has 2 aromatic rings. The minimum Gasteiger partial charge on any atom is -0.383 e. The van der Waals surface area contributed by atoms with Gasteiger partial charge in [0.25, 0.3) is 0 Å². The summed E-state index contributed by atoms with van der Waals surface area (Å²) in [7, 11) is 0. The predicted molar refractivity (Wildman–Crippen MR) is 72.0 cm³/mol. The van der Waals surface area contributed by atoms with E-state index < -0.39 is 0 Å². The normalized spacial score (nSPS) is 10.8. The molecule has 1 aromatic carbocycles. The molecule has 0 fully saturated rings. The van der Waals surface area contributed by atoms with Crippen molar-refractivity contribution in [1.29, 1.82) is 0 Å². The molecule has 2 N–H and O–H groups in total. The molecule has 0 atom stereocenters. The zero-order valence-corrected chi connectivity index (χ0v) is 10.9. The van der Waals surface area contributed by atoms with Gasteiger partial charge in [0.05, 0.1) is 0 Å². The smallest absolute Gasteiger partial charge is 0.131 e. The number of imidazole rings is 1. The zero-order chi connectivity index (χ0) is 12.6. The summed E-state index contributed by atoms with van der Waals surface area (Å²) in [5.74, 6) is 1.73. The molecule has 0 saturated heterocycles. The maximum atomic E-state index is 6.15. The Labute approximate surface area is 102 Å². The lowest BCUT2D eigenvalue weighted by Crippen LogP contribution is -2.02. The van der Waals surface area contributed by atoms with E-state index in [1.54, 1.807) is 0 Å². The molecule has 3 nitrogen and oxygen atoms in total. The van der Waals surface area contributed by atoms with Gasteiger partial charge in [-0.1, -0.05) is 23.8 Å². The number of hydrogen-bond acceptors (Lipinski definition) is 2. The van der Waals surface area contributed by atoms with Crippen LogP contribution in [0.3, 0.4) is 0 Å². The molecule has 0 amide bonds. The van der Waals surface area contributed by atoms with Crippen LogP contribution in [0.25, 0.3) is 11.3 Å². The van der Waals surface area contributed by atoms with E-state index in [0.29, 0.717) is 0 Å². The predicted octanol–water partition coefficient (Wildman–Crippen LogP) is 3.08. The van der Waals surface area contributed by atoms with Gasteiger partial charge in [-0.2, -0.15) is 0 Å². The van der Waals surface area contributed by atoms with Crippen molar-refractivity contribution in [2.75, 3.05) is 5.73 Å². The first-order valence-corrected chi connectivity index (χ1v) is 5.94. The van der Waals surface area contributed by atoms with Gasteiger partial charge >= 0.3 is 0 Å². The van der Waals surface area contributed by atoms with Gasteiger partial charge in [0.15, 0.2) is 0 Å². The molecule has 17 heavy (non-hydrogen) atoms. The summed E-state index contributed by atoms with van der Waals surface area (Å²) in [5, 5.41) is 0. The van der Waals surface area contributed by atoms with Crippen LogP contribution in [0.4, 0.5) is 5.82 Å². The van der Waals surface area contributed by atoms with E-state index in [9.17, 15) is 0 Å². The minimum atomic E-state index is 0.761. The largest absolute Gasteiger partial charge is 0.383 e. The number of rotatable bonds is 2.